The molecule has 0 aliphatic carbocycles. The van der Waals surface area contributed by atoms with E-state index >= 15 is 0 Å². The van der Waals surface area contributed by atoms with Crippen LogP contribution in [0.1, 0.15) is 17.1 Å². The van der Waals surface area contributed by atoms with Crippen LogP contribution in [0.25, 0.3) is 0 Å². The summed E-state index contributed by atoms with van der Waals surface area (Å²) in [7, 11) is 0. The van der Waals surface area contributed by atoms with E-state index in [0.717, 1.165) is 17.8 Å². The molecule has 0 saturated carbocycles. The van der Waals surface area contributed by atoms with Gasteiger partial charge in [0.15, 0.2) is 0 Å². The predicted molar refractivity (Wildman–Crippen MR) is 53.2 cm³/mol. The third-order valence-electron chi connectivity index (χ3n) is 2.35. The first kappa shape index (κ1) is 12.3. The molecule has 0 bridgehead atoms. The van der Waals surface area contributed by atoms with Crippen LogP contribution in [0.4, 0.5) is 13.2 Å². The number of halogens is 3. The zero-order chi connectivity index (χ0) is 12.3. The Bertz CT molecular complexity index is 395. The number of alkyl halides is 3. The van der Waals surface area contributed by atoms with E-state index < -0.39 is 12.8 Å². The smallest absolute Gasteiger partial charge is 0.372 e. The first-order valence-corrected chi connectivity index (χ1v) is 5.23. The van der Waals surface area contributed by atoms with E-state index in [2.05, 4.69) is 20.0 Å². The summed E-state index contributed by atoms with van der Waals surface area (Å²) in [5.41, 5.74) is 1.97. The minimum atomic E-state index is -4.28. The van der Waals surface area contributed by atoms with Gasteiger partial charge >= 0.3 is 6.18 Å². The quantitative estimate of drug-likeness (QED) is 0.812. The van der Waals surface area contributed by atoms with Gasteiger partial charge in [-0.2, -0.15) is 13.2 Å². The summed E-state index contributed by atoms with van der Waals surface area (Å²) in [5.74, 6) is 0.523. The standard InChI is InChI=1S/C10H12F3N3O/c11-10(12,13)6-17-2-1-9-15-4-7-3-14-5-8(7)16-9/h4,14H,1-3,5-6H2. The normalized spacial score (nSPS) is 15.0. The van der Waals surface area contributed by atoms with Crippen molar-refractivity contribution in [3.63, 3.8) is 0 Å². The van der Waals surface area contributed by atoms with Gasteiger partial charge in [-0.25, -0.2) is 9.97 Å². The third-order valence-corrected chi connectivity index (χ3v) is 2.35. The van der Waals surface area contributed by atoms with Crippen LogP contribution in [0.3, 0.4) is 0 Å². The summed E-state index contributed by atoms with van der Waals surface area (Å²) < 4.78 is 39.9. The highest BCUT2D eigenvalue weighted by molar-refractivity contribution is 5.21. The monoisotopic (exact) mass is 247 g/mol. The molecule has 0 saturated heterocycles. The number of aromatic nitrogens is 2. The van der Waals surface area contributed by atoms with Crippen LogP contribution < -0.4 is 5.32 Å². The molecule has 1 aliphatic rings. The molecule has 4 nitrogen and oxygen atoms in total. The molecule has 0 radical (unpaired) electrons. The summed E-state index contributed by atoms with van der Waals surface area (Å²) in [4.78, 5) is 8.32. The molecule has 2 heterocycles. The summed E-state index contributed by atoms with van der Waals surface area (Å²) in [6.45, 7) is 0.194. The van der Waals surface area contributed by atoms with Gasteiger partial charge < -0.3 is 10.1 Å². The minimum absolute atomic E-state index is 0.0221. The number of nitrogens with zero attached hydrogens (tertiary/aromatic N) is 2. The maximum Gasteiger partial charge on any atom is 0.411 e. The average molecular weight is 247 g/mol. The molecule has 7 heteroatoms. The topological polar surface area (TPSA) is 47.0 Å². The Hall–Kier alpha value is -1.21. The molecule has 0 atom stereocenters. The maximum atomic E-state index is 11.8. The first-order valence-electron chi connectivity index (χ1n) is 5.23. The van der Waals surface area contributed by atoms with Crippen LogP contribution in [-0.4, -0.2) is 29.4 Å². The van der Waals surface area contributed by atoms with Gasteiger partial charge in [-0.15, -0.1) is 0 Å². The first-order chi connectivity index (χ1) is 8.04. The molecule has 1 aliphatic heterocycles. The molecule has 0 unspecified atom stereocenters. The van der Waals surface area contributed by atoms with E-state index in [1.807, 2.05) is 0 Å². The maximum absolute atomic E-state index is 11.8. The number of hydrogen-bond acceptors (Lipinski definition) is 4. The second kappa shape index (κ2) is 4.97. The van der Waals surface area contributed by atoms with Gasteiger partial charge in [0.2, 0.25) is 0 Å². The highest BCUT2D eigenvalue weighted by atomic mass is 19.4. The highest BCUT2D eigenvalue weighted by Crippen LogP contribution is 2.15. The van der Waals surface area contributed by atoms with Gasteiger partial charge in [-0.1, -0.05) is 0 Å². The number of rotatable bonds is 4. The molecule has 0 aromatic carbocycles. The molecular formula is C10H12F3N3O. The van der Waals surface area contributed by atoms with Crippen LogP contribution >= 0.6 is 0 Å². The van der Waals surface area contributed by atoms with Gasteiger partial charge in [-0.3, -0.25) is 0 Å². The highest BCUT2D eigenvalue weighted by Gasteiger charge is 2.27. The Morgan fingerprint density at radius 1 is 1.35 bits per heavy atom. The summed E-state index contributed by atoms with van der Waals surface area (Å²) in [5, 5.41) is 3.12. The Morgan fingerprint density at radius 3 is 2.94 bits per heavy atom. The fourth-order valence-electron chi connectivity index (χ4n) is 1.57. The Morgan fingerprint density at radius 2 is 2.18 bits per heavy atom. The number of fused-ring (bicyclic) bond motifs is 1. The van der Waals surface area contributed by atoms with Crippen LogP contribution in [-0.2, 0) is 24.2 Å². The molecule has 1 aromatic rings. The van der Waals surface area contributed by atoms with Crippen molar-refractivity contribution in [1.29, 1.82) is 0 Å². The number of nitrogens with one attached hydrogen (secondary N) is 1. The summed E-state index contributed by atoms with van der Waals surface area (Å²) in [6.07, 6.45) is -2.27. The summed E-state index contributed by atoms with van der Waals surface area (Å²) in [6, 6.07) is 0. The Kier molecular flexibility index (Phi) is 3.58. The van der Waals surface area contributed by atoms with E-state index in [1.54, 1.807) is 6.20 Å². The zero-order valence-electron chi connectivity index (χ0n) is 9.05. The fraction of sp³-hybridized carbons (Fsp3) is 0.600. The van der Waals surface area contributed by atoms with Crippen molar-refractivity contribution in [1.82, 2.24) is 15.3 Å². The molecular weight excluding hydrogens is 235 g/mol. The molecule has 1 N–H and O–H groups in total. The van der Waals surface area contributed by atoms with Crippen molar-refractivity contribution in [3.8, 4) is 0 Å². The SMILES string of the molecule is FC(F)(F)COCCc1ncc2c(n1)CNC2. The van der Waals surface area contributed by atoms with Crippen molar-refractivity contribution in [3.05, 3.63) is 23.3 Å². The summed E-state index contributed by atoms with van der Waals surface area (Å²) >= 11 is 0. The lowest BCUT2D eigenvalue weighted by atomic mass is 10.2. The number of hydrogen-bond donors (Lipinski definition) is 1. The van der Waals surface area contributed by atoms with Crippen molar-refractivity contribution in [2.75, 3.05) is 13.2 Å². The lowest BCUT2D eigenvalue weighted by Gasteiger charge is -2.07. The number of ether oxygens (including phenoxy) is 1. The lowest BCUT2D eigenvalue weighted by Crippen LogP contribution is -2.18. The second-order valence-corrected chi connectivity index (χ2v) is 3.78. The molecule has 1 aromatic heterocycles. The van der Waals surface area contributed by atoms with E-state index in [9.17, 15) is 13.2 Å². The minimum Gasteiger partial charge on any atom is -0.372 e. The van der Waals surface area contributed by atoms with Crippen LogP contribution in [0.2, 0.25) is 0 Å². The molecule has 17 heavy (non-hydrogen) atoms. The largest absolute Gasteiger partial charge is 0.411 e. The van der Waals surface area contributed by atoms with Crippen molar-refractivity contribution in [2.24, 2.45) is 0 Å². The van der Waals surface area contributed by atoms with Crippen LogP contribution in [0, 0.1) is 0 Å². The van der Waals surface area contributed by atoms with Gasteiger partial charge in [-0.05, 0) is 0 Å². The van der Waals surface area contributed by atoms with Crippen LogP contribution in [0.15, 0.2) is 6.20 Å². The molecule has 94 valence electrons. The Labute approximate surface area is 96.2 Å². The van der Waals surface area contributed by atoms with E-state index in [4.69, 9.17) is 0 Å². The average Bonchev–Trinajstić information content (AvgIpc) is 2.70. The lowest BCUT2D eigenvalue weighted by molar-refractivity contribution is -0.173. The van der Waals surface area contributed by atoms with Gasteiger partial charge in [0.25, 0.3) is 0 Å². The zero-order valence-corrected chi connectivity index (χ0v) is 9.05. The van der Waals surface area contributed by atoms with Gasteiger partial charge in [0, 0.05) is 31.3 Å². The van der Waals surface area contributed by atoms with E-state index in [-0.39, 0.29) is 6.61 Å². The van der Waals surface area contributed by atoms with Gasteiger partial charge in [0.05, 0.1) is 12.3 Å². The molecule has 2 rings (SSSR count). The second-order valence-electron chi connectivity index (χ2n) is 3.78. The molecule has 0 fully saturated rings. The Balaban J connectivity index is 1.80. The van der Waals surface area contributed by atoms with E-state index in [0.29, 0.717) is 18.8 Å². The van der Waals surface area contributed by atoms with E-state index in [1.165, 1.54) is 0 Å². The van der Waals surface area contributed by atoms with Crippen molar-refractivity contribution in [2.45, 2.75) is 25.7 Å². The van der Waals surface area contributed by atoms with Crippen molar-refractivity contribution >= 4 is 0 Å². The van der Waals surface area contributed by atoms with Crippen molar-refractivity contribution < 1.29 is 17.9 Å². The van der Waals surface area contributed by atoms with Gasteiger partial charge in [0.1, 0.15) is 12.4 Å². The van der Waals surface area contributed by atoms with Crippen LogP contribution in [0.5, 0.6) is 0 Å². The third kappa shape index (κ3) is 3.64. The predicted octanol–water partition coefficient (Wildman–Crippen LogP) is 1.20. The molecule has 0 amide bonds. The fourth-order valence-corrected chi connectivity index (χ4v) is 1.57. The molecule has 0 spiro atoms.